The van der Waals surface area contributed by atoms with Crippen molar-refractivity contribution in [3.8, 4) is 22.3 Å². The second-order valence-electron chi connectivity index (χ2n) is 5.98. The Morgan fingerprint density at radius 3 is 1.64 bits per heavy atom. The highest BCUT2D eigenvalue weighted by molar-refractivity contribution is 5.85. The fourth-order valence-corrected chi connectivity index (χ4v) is 3.00. The SMILES string of the molecule is c1ccc(Nc2ccc(-c3ccccc3)cc2-c2ccccc2)cc1. The Bertz CT molecular complexity index is 945. The van der Waals surface area contributed by atoms with Crippen molar-refractivity contribution in [2.75, 3.05) is 5.32 Å². The average Bonchev–Trinajstić information content (AvgIpc) is 2.70. The summed E-state index contributed by atoms with van der Waals surface area (Å²) in [6, 6.07) is 37.9. The van der Waals surface area contributed by atoms with Gasteiger partial charge in [-0.05, 0) is 41.0 Å². The third-order valence-electron chi connectivity index (χ3n) is 4.26. The van der Waals surface area contributed by atoms with Crippen LogP contribution in [0.2, 0.25) is 0 Å². The molecule has 0 aliphatic heterocycles. The molecule has 0 atom stereocenters. The minimum Gasteiger partial charge on any atom is -0.355 e. The normalized spacial score (nSPS) is 10.4. The van der Waals surface area contributed by atoms with Crippen LogP contribution in [0.1, 0.15) is 0 Å². The number of benzene rings is 4. The maximum absolute atomic E-state index is 3.55. The molecule has 0 fully saturated rings. The van der Waals surface area contributed by atoms with Crippen molar-refractivity contribution >= 4 is 11.4 Å². The quantitative estimate of drug-likeness (QED) is 0.437. The second-order valence-corrected chi connectivity index (χ2v) is 5.98. The molecular formula is C24H19N. The molecule has 120 valence electrons. The van der Waals surface area contributed by atoms with Gasteiger partial charge in [0, 0.05) is 16.9 Å². The molecule has 0 aliphatic carbocycles. The van der Waals surface area contributed by atoms with Crippen molar-refractivity contribution in [2.45, 2.75) is 0 Å². The van der Waals surface area contributed by atoms with E-state index in [4.69, 9.17) is 0 Å². The van der Waals surface area contributed by atoms with E-state index in [0.29, 0.717) is 0 Å². The zero-order valence-corrected chi connectivity index (χ0v) is 13.9. The summed E-state index contributed by atoms with van der Waals surface area (Å²) in [6.45, 7) is 0. The second kappa shape index (κ2) is 7.06. The first-order valence-electron chi connectivity index (χ1n) is 8.47. The maximum atomic E-state index is 3.55. The van der Waals surface area contributed by atoms with Gasteiger partial charge in [-0.25, -0.2) is 0 Å². The molecule has 0 aromatic heterocycles. The largest absolute Gasteiger partial charge is 0.355 e. The van der Waals surface area contributed by atoms with Crippen molar-refractivity contribution < 1.29 is 0 Å². The van der Waals surface area contributed by atoms with Crippen molar-refractivity contribution in [1.29, 1.82) is 0 Å². The topological polar surface area (TPSA) is 12.0 Å². The van der Waals surface area contributed by atoms with Crippen molar-refractivity contribution in [3.63, 3.8) is 0 Å². The molecule has 25 heavy (non-hydrogen) atoms. The molecule has 0 amide bonds. The van der Waals surface area contributed by atoms with E-state index in [2.05, 4.69) is 90.2 Å². The Morgan fingerprint density at radius 2 is 1.00 bits per heavy atom. The van der Waals surface area contributed by atoms with Crippen LogP contribution in [-0.4, -0.2) is 0 Å². The molecule has 1 N–H and O–H groups in total. The molecule has 1 nitrogen and oxygen atoms in total. The predicted molar refractivity (Wildman–Crippen MR) is 107 cm³/mol. The van der Waals surface area contributed by atoms with Crippen LogP contribution in [0.4, 0.5) is 11.4 Å². The fraction of sp³-hybridized carbons (Fsp3) is 0. The van der Waals surface area contributed by atoms with Gasteiger partial charge >= 0.3 is 0 Å². The maximum Gasteiger partial charge on any atom is 0.0464 e. The number of para-hydroxylation sites is 1. The van der Waals surface area contributed by atoms with Crippen LogP contribution in [0.3, 0.4) is 0 Å². The first kappa shape index (κ1) is 15.2. The van der Waals surface area contributed by atoms with Crippen LogP contribution in [0.5, 0.6) is 0 Å². The lowest BCUT2D eigenvalue weighted by Crippen LogP contribution is -1.94. The van der Waals surface area contributed by atoms with Gasteiger partial charge in [0.15, 0.2) is 0 Å². The molecule has 0 spiro atoms. The summed E-state index contributed by atoms with van der Waals surface area (Å²) in [5.74, 6) is 0. The number of anilines is 2. The Kier molecular flexibility index (Phi) is 4.30. The number of hydrogen-bond acceptors (Lipinski definition) is 1. The number of hydrogen-bond donors (Lipinski definition) is 1. The van der Waals surface area contributed by atoms with Gasteiger partial charge in [0.1, 0.15) is 0 Å². The Hall–Kier alpha value is -3.32. The molecule has 1 heteroatoms. The van der Waals surface area contributed by atoms with E-state index in [0.717, 1.165) is 11.4 Å². The van der Waals surface area contributed by atoms with E-state index in [1.165, 1.54) is 22.3 Å². The summed E-state index contributed by atoms with van der Waals surface area (Å²) in [4.78, 5) is 0. The van der Waals surface area contributed by atoms with Crippen LogP contribution in [-0.2, 0) is 0 Å². The van der Waals surface area contributed by atoms with Gasteiger partial charge in [-0.1, -0.05) is 84.9 Å². The summed E-state index contributed by atoms with van der Waals surface area (Å²) in [7, 11) is 0. The highest BCUT2D eigenvalue weighted by atomic mass is 14.9. The molecule has 4 rings (SSSR count). The summed E-state index contributed by atoms with van der Waals surface area (Å²) in [6.07, 6.45) is 0. The van der Waals surface area contributed by atoms with E-state index in [-0.39, 0.29) is 0 Å². The van der Waals surface area contributed by atoms with Crippen molar-refractivity contribution in [2.24, 2.45) is 0 Å². The Balaban J connectivity index is 1.81. The summed E-state index contributed by atoms with van der Waals surface area (Å²) < 4.78 is 0. The highest BCUT2D eigenvalue weighted by Gasteiger charge is 2.08. The van der Waals surface area contributed by atoms with E-state index in [1.54, 1.807) is 0 Å². The minimum absolute atomic E-state index is 1.09. The fourth-order valence-electron chi connectivity index (χ4n) is 3.00. The van der Waals surface area contributed by atoms with Crippen LogP contribution >= 0.6 is 0 Å². The first-order chi connectivity index (χ1) is 12.4. The Labute approximate surface area is 148 Å². The predicted octanol–water partition coefficient (Wildman–Crippen LogP) is 6.76. The average molecular weight is 321 g/mol. The monoisotopic (exact) mass is 321 g/mol. The molecule has 0 bridgehead atoms. The minimum atomic E-state index is 1.09. The van der Waals surface area contributed by atoms with Crippen LogP contribution in [0.15, 0.2) is 109 Å². The van der Waals surface area contributed by atoms with Crippen molar-refractivity contribution in [1.82, 2.24) is 0 Å². The van der Waals surface area contributed by atoms with Gasteiger partial charge in [-0.2, -0.15) is 0 Å². The van der Waals surface area contributed by atoms with Gasteiger partial charge in [0.05, 0.1) is 0 Å². The third-order valence-corrected chi connectivity index (χ3v) is 4.26. The standard InChI is InChI=1S/C24H19N/c1-4-10-19(11-5-1)21-16-17-24(25-22-14-8-3-9-15-22)23(18-21)20-12-6-2-7-13-20/h1-18,25H. The van der Waals surface area contributed by atoms with E-state index < -0.39 is 0 Å². The van der Waals surface area contributed by atoms with Crippen molar-refractivity contribution in [3.05, 3.63) is 109 Å². The Morgan fingerprint density at radius 1 is 0.440 bits per heavy atom. The van der Waals surface area contributed by atoms with Crippen LogP contribution in [0.25, 0.3) is 22.3 Å². The van der Waals surface area contributed by atoms with Gasteiger partial charge in [0.25, 0.3) is 0 Å². The van der Waals surface area contributed by atoms with E-state index in [9.17, 15) is 0 Å². The zero-order chi connectivity index (χ0) is 16.9. The molecule has 0 heterocycles. The first-order valence-corrected chi connectivity index (χ1v) is 8.47. The van der Waals surface area contributed by atoms with Gasteiger partial charge in [-0.3, -0.25) is 0 Å². The van der Waals surface area contributed by atoms with Crippen LogP contribution in [0, 0.1) is 0 Å². The summed E-state index contributed by atoms with van der Waals surface area (Å²) in [5.41, 5.74) is 7.05. The van der Waals surface area contributed by atoms with E-state index >= 15 is 0 Å². The molecule has 4 aromatic carbocycles. The van der Waals surface area contributed by atoms with Crippen LogP contribution < -0.4 is 5.32 Å². The third kappa shape index (κ3) is 3.46. The molecule has 0 aliphatic rings. The lowest BCUT2D eigenvalue weighted by atomic mass is 9.97. The number of nitrogens with one attached hydrogen (secondary N) is 1. The summed E-state index contributed by atoms with van der Waals surface area (Å²) >= 11 is 0. The smallest absolute Gasteiger partial charge is 0.0464 e. The van der Waals surface area contributed by atoms with Gasteiger partial charge in [0.2, 0.25) is 0 Å². The summed E-state index contributed by atoms with van der Waals surface area (Å²) in [5, 5.41) is 3.55. The molecule has 0 radical (unpaired) electrons. The zero-order valence-electron chi connectivity index (χ0n) is 13.9. The lowest BCUT2D eigenvalue weighted by Gasteiger charge is -2.14. The molecule has 0 saturated carbocycles. The number of rotatable bonds is 4. The van der Waals surface area contributed by atoms with Gasteiger partial charge in [-0.15, -0.1) is 0 Å². The molecular weight excluding hydrogens is 302 g/mol. The lowest BCUT2D eigenvalue weighted by molar-refractivity contribution is 1.52. The molecule has 0 unspecified atom stereocenters. The van der Waals surface area contributed by atoms with E-state index in [1.807, 2.05) is 24.3 Å². The molecule has 0 saturated heterocycles. The highest BCUT2D eigenvalue weighted by Crippen LogP contribution is 2.34. The molecule has 4 aromatic rings. The van der Waals surface area contributed by atoms with Gasteiger partial charge < -0.3 is 5.32 Å².